The molecule has 0 aromatic heterocycles. The van der Waals surface area contributed by atoms with E-state index in [-0.39, 0.29) is 6.10 Å². The van der Waals surface area contributed by atoms with Crippen LogP contribution in [0.5, 0.6) is 0 Å². The molecule has 0 heterocycles. The Kier molecular flexibility index (Phi) is 4.33. The monoisotopic (exact) mass is 169 g/mol. The molecule has 0 aromatic rings. The molecule has 2 N–H and O–H groups in total. The summed E-state index contributed by atoms with van der Waals surface area (Å²) in [6.45, 7) is 3.53. The van der Waals surface area contributed by atoms with Crippen molar-refractivity contribution in [3.8, 4) is 0 Å². The second kappa shape index (κ2) is 5.33. The predicted molar refractivity (Wildman–Crippen MR) is 51.1 cm³/mol. The number of rotatable bonds is 5. The molecule has 0 spiro atoms. The van der Waals surface area contributed by atoms with Gasteiger partial charge in [0, 0.05) is 6.54 Å². The molecule has 1 aliphatic carbocycles. The molecule has 1 rings (SSSR count). The quantitative estimate of drug-likeness (QED) is 0.482. The fraction of sp³-hybridized carbons (Fsp3) is 0.800. The van der Waals surface area contributed by atoms with Crippen LogP contribution in [0.25, 0.3) is 0 Å². The lowest BCUT2D eigenvalue weighted by atomic mass is 10.2. The number of hydrogen-bond donors (Lipinski definition) is 2. The highest BCUT2D eigenvalue weighted by atomic mass is 16.3. The van der Waals surface area contributed by atoms with Gasteiger partial charge in [-0.25, -0.2) is 0 Å². The van der Waals surface area contributed by atoms with Crippen molar-refractivity contribution < 1.29 is 5.11 Å². The Bertz CT molecular complexity index is 152. The molecule has 12 heavy (non-hydrogen) atoms. The van der Waals surface area contributed by atoms with Crippen LogP contribution in [0.2, 0.25) is 0 Å². The van der Waals surface area contributed by atoms with E-state index in [2.05, 4.69) is 11.4 Å². The summed E-state index contributed by atoms with van der Waals surface area (Å²) >= 11 is 0. The van der Waals surface area contributed by atoms with E-state index in [1.165, 1.54) is 19.3 Å². The van der Waals surface area contributed by atoms with Crippen LogP contribution < -0.4 is 5.32 Å². The molecular weight excluding hydrogens is 150 g/mol. The van der Waals surface area contributed by atoms with Gasteiger partial charge in [-0.3, -0.25) is 0 Å². The molecule has 2 nitrogen and oxygen atoms in total. The number of nitrogens with one attached hydrogen (secondary N) is 1. The van der Waals surface area contributed by atoms with Crippen LogP contribution in [-0.4, -0.2) is 24.3 Å². The average molecular weight is 169 g/mol. The highest BCUT2D eigenvalue weighted by molar-refractivity contribution is 5.07. The van der Waals surface area contributed by atoms with E-state index in [1.807, 2.05) is 6.92 Å². The van der Waals surface area contributed by atoms with Crippen molar-refractivity contribution >= 4 is 0 Å². The Balaban J connectivity index is 1.95. The van der Waals surface area contributed by atoms with Crippen LogP contribution in [0.4, 0.5) is 0 Å². The van der Waals surface area contributed by atoms with Gasteiger partial charge in [-0.15, -0.1) is 0 Å². The molecule has 0 saturated heterocycles. The summed E-state index contributed by atoms with van der Waals surface area (Å²) in [5.41, 5.74) is 1.59. The molecule has 0 amide bonds. The molecule has 0 saturated carbocycles. The minimum atomic E-state index is -0.220. The first-order valence-corrected chi connectivity index (χ1v) is 4.85. The SMILES string of the molecule is C[C@H](O)CNCCC1=CCCC1. The van der Waals surface area contributed by atoms with Gasteiger partial charge < -0.3 is 10.4 Å². The Hall–Kier alpha value is -0.340. The lowest BCUT2D eigenvalue weighted by molar-refractivity contribution is 0.191. The maximum Gasteiger partial charge on any atom is 0.0636 e. The Morgan fingerprint density at radius 3 is 3.08 bits per heavy atom. The molecule has 0 unspecified atom stereocenters. The summed E-state index contributed by atoms with van der Waals surface area (Å²) in [5, 5.41) is 12.2. The van der Waals surface area contributed by atoms with Crippen LogP contribution in [0.15, 0.2) is 11.6 Å². The van der Waals surface area contributed by atoms with Crippen LogP contribution in [0.1, 0.15) is 32.6 Å². The molecule has 0 aliphatic heterocycles. The lowest BCUT2D eigenvalue weighted by Gasteiger charge is -2.06. The maximum atomic E-state index is 8.97. The minimum Gasteiger partial charge on any atom is -0.392 e. The number of aliphatic hydroxyl groups is 1. The topological polar surface area (TPSA) is 32.3 Å². The van der Waals surface area contributed by atoms with E-state index in [9.17, 15) is 0 Å². The lowest BCUT2D eigenvalue weighted by Crippen LogP contribution is -2.25. The first-order valence-electron chi connectivity index (χ1n) is 4.85. The zero-order valence-corrected chi connectivity index (χ0v) is 7.84. The van der Waals surface area contributed by atoms with E-state index < -0.39 is 0 Å². The third-order valence-corrected chi connectivity index (χ3v) is 2.20. The maximum absolute atomic E-state index is 8.97. The van der Waals surface area contributed by atoms with Crippen molar-refractivity contribution in [1.29, 1.82) is 0 Å². The van der Waals surface area contributed by atoms with Gasteiger partial charge in [0.05, 0.1) is 6.10 Å². The fourth-order valence-corrected chi connectivity index (χ4v) is 1.52. The standard InChI is InChI=1S/C10H19NO/c1-9(12)8-11-7-6-10-4-2-3-5-10/h4,9,11-12H,2-3,5-8H2,1H3/t9-/m0/s1. The van der Waals surface area contributed by atoms with E-state index in [4.69, 9.17) is 5.11 Å². The molecular formula is C10H19NO. The molecule has 2 heteroatoms. The second-order valence-corrected chi connectivity index (χ2v) is 3.56. The Morgan fingerprint density at radius 1 is 1.67 bits per heavy atom. The van der Waals surface area contributed by atoms with Crippen molar-refractivity contribution in [2.45, 2.75) is 38.7 Å². The number of allylic oxidation sites excluding steroid dienone is 1. The smallest absolute Gasteiger partial charge is 0.0636 e. The van der Waals surface area contributed by atoms with E-state index in [0.29, 0.717) is 6.54 Å². The van der Waals surface area contributed by atoms with Crippen molar-refractivity contribution in [2.24, 2.45) is 0 Å². The van der Waals surface area contributed by atoms with Crippen molar-refractivity contribution in [1.82, 2.24) is 5.32 Å². The minimum absolute atomic E-state index is 0.220. The van der Waals surface area contributed by atoms with Crippen molar-refractivity contribution in [3.63, 3.8) is 0 Å². The zero-order chi connectivity index (χ0) is 8.81. The highest BCUT2D eigenvalue weighted by Crippen LogP contribution is 2.19. The van der Waals surface area contributed by atoms with Gasteiger partial charge in [0.15, 0.2) is 0 Å². The van der Waals surface area contributed by atoms with Gasteiger partial charge in [-0.1, -0.05) is 11.6 Å². The van der Waals surface area contributed by atoms with Gasteiger partial charge in [0.25, 0.3) is 0 Å². The Labute approximate surface area is 74.7 Å². The third-order valence-electron chi connectivity index (χ3n) is 2.20. The number of hydrogen-bond acceptors (Lipinski definition) is 2. The Morgan fingerprint density at radius 2 is 2.50 bits per heavy atom. The highest BCUT2D eigenvalue weighted by Gasteiger charge is 2.03. The third kappa shape index (κ3) is 3.88. The van der Waals surface area contributed by atoms with Crippen LogP contribution >= 0.6 is 0 Å². The summed E-state index contributed by atoms with van der Waals surface area (Å²) in [6, 6.07) is 0. The molecule has 0 fully saturated rings. The zero-order valence-electron chi connectivity index (χ0n) is 7.84. The predicted octanol–water partition coefficient (Wildman–Crippen LogP) is 1.46. The van der Waals surface area contributed by atoms with E-state index in [0.717, 1.165) is 13.0 Å². The van der Waals surface area contributed by atoms with E-state index in [1.54, 1.807) is 5.57 Å². The summed E-state index contributed by atoms with van der Waals surface area (Å²) in [6.07, 6.45) is 7.19. The second-order valence-electron chi connectivity index (χ2n) is 3.56. The molecule has 1 aliphatic rings. The van der Waals surface area contributed by atoms with Gasteiger partial charge in [0.1, 0.15) is 0 Å². The van der Waals surface area contributed by atoms with Gasteiger partial charge in [-0.2, -0.15) is 0 Å². The van der Waals surface area contributed by atoms with Crippen LogP contribution in [-0.2, 0) is 0 Å². The van der Waals surface area contributed by atoms with Gasteiger partial charge >= 0.3 is 0 Å². The molecule has 0 radical (unpaired) electrons. The normalized spacial score (nSPS) is 19.3. The summed E-state index contributed by atoms with van der Waals surface area (Å²) in [7, 11) is 0. The van der Waals surface area contributed by atoms with Crippen LogP contribution in [0, 0.1) is 0 Å². The van der Waals surface area contributed by atoms with Gasteiger partial charge in [-0.05, 0) is 39.2 Å². The first kappa shape index (κ1) is 9.75. The summed E-state index contributed by atoms with van der Waals surface area (Å²) < 4.78 is 0. The first-order chi connectivity index (χ1) is 5.79. The largest absolute Gasteiger partial charge is 0.392 e. The van der Waals surface area contributed by atoms with Crippen LogP contribution in [0.3, 0.4) is 0 Å². The van der Waals surface area contributed by atoms with E-state index >= 15 is 0 Å². The van der Waals surface area contributed by atoms with Gasteiger partial charge in [0.2, 0.25) is 0 Å². The summed E-state index contributed by atoms with van der Waals surface area (Å²) in [4.78, 5) is 0. The molecule has 0 bridgehead atoms. The molecule has 0 aromatic carbocycles. The summed E-state index contributed by atoms with van der Waals surface area (Å²) in [5.74, 6) is 0. The molecule has 1 atom stereocenters. The average Bonchev–Trinajstić information content (AvgIpc) is 2.49. The van der Waals surface area contributed by atoms with Crippen molar-refractivity contribution in [3.05, 3.63) is 11.6 Å². The molecule has 70 valence electrons. The fourth-order valence-electron chi connectivity index (χ4n) is 1.52. The number of aliphatic hydroxyl groups excluding tert-OH is 1. The van der Waals surface area contributed by atoms with Crippen molar-refractivity contribution in [2.75, 3.05) is 13.1 Å².